The number of aryl methyl sites for hydroxylation is 1. The molecule has 1 aromatic rings. The average Bonchev–Trinajstić information content (AvgIpc) is 3.16. The van der Waals surface area contributed by atoms with E-state index in [1.807, 2.05) is 24.3 Å². The highest BCUT2D eigenvalue weighted by atomic mass is 16.2. The minimum Gasteiger partial charge on any atom is -0.369 e. The van der Waals surface area contributed by atoms with Gasteiger partial charge in [-0.25, -0.2) is 0 Å². The van der Waals surface area contributed by atoms with Crippen molar-refractivity contribution in [1.82, 2.24) is 20.0 Å². The molecule has 0 radical (unpaired) electrons. The highest BCUT2D eigenvalue weighted by Gasteiger charge is 2.45. The first-order valence-electron chi connectivity index (χ1n) is 7.82. The largest absolute Gasteiger partial charge is 0.369 e. The summed E-state index contributed by atoms with van der Waals surface area (Å²) in [7, 11) is 1.89. The summed E-state index contributed by atoms with van der Waals surface area (Å²) in [4.78, 5) is 25.2. The van der Waals surface area contributed by atoms with E-state index in [-0.39, 0.29) is 23.8 Å². The molecule has 1 saturated carbocycles. The molecule has 1 aliphatic carbocycles. The number of aromatic nitrogens is 2. The van der Waals surface area contributed by atoms with Crippen molar-refractivity contribution >= 4 is 11.8 Å². The van der Waals surface area contributed by atoms with Crippen molar-refractivity contribution < 1.29 is 9.59 Å². The maximum absolute atomic E-state index is 12.3. The van der Waals surface area contributed by atoms with E-state index in [0.29, 0.717) is 12.5 Å². The number of carbonyl (C=O) groups excluding carboxylic acids is 2. The molecule has 22 heavy (non-hydrogen) atoms. The van der Waals surface area contributed by atoms with Crippen molar-refractivity contribution in [2.75, 3.05) is 19.6 Å². The van der Waals surface area contributed by atoms with Gasteiger partial charge in [0, 0.05) is 38.3 Å². The maximum atomic E-state index is 12.3. The van der Waals surface area contributed by atoms with E-state index in [1.54, 1.807) is 4.68 Å². The molecule has 2 atom stereocenters. The number of nitrogens with one attached hydrogen (secondary N) is 1. The Balaban J connectivity index is 1.43. The number of amides is 2. The Hall–Kier alpha value is -1.89. The molecule has 3 N–H and O–H groups in total. The van der Waals surface area contributed by atoms with Gasteiger partial charge in [0.25, 0.3) is 0 Å². The third kappa shape index (κ3) is 3.47. The van der Waals surface area contributed by atoms with E-state index in [9.17, 15) is 9.59 Å². The molecule has 1 aliphatic heterocycles. The van der Waals surface area contributed by atoms with E-state index < -0.39 is 0 Å². The third-order valence-corrected chi connectivity index (χ3v) is 4.59. The van der Waals surface area contributed by atoms with Crippen LogP contribution < -0.4 is 11.1 Å². The van der Waals surface area contributed by atoms with Gasteiger partial charge in [0.05, 0.1) is 12.7 Å². The van der Waals surface area contributed by atoms with E-state index in [2.05, 4.69) is 10.4 Å². The minimum absolute atomic E-state index is 0.0906. The molecule has 7 heteroatoms. The number of likely N-dealkylation sites (tertiary alicyclic amines) is 1. The lowest BCUT2D eigenvalue weighted by molar-refractivity contribution is -0.124. The van der Waals surface area contributed by atoms with Gasteiger partial charge in [-0.1, -0.05) is 0 Å². The van der Waals surface area contributed by atoms with Gasteiger partial charge in [-0.15, -0.1) is 0 Å². The van der Waals surface area contributed by atoms with E-state index in [0.717, 1.165) is 37.9 Å². The number of primary amides is 1. The van der Waals surface area contributed by atoms with Crippen molar-refractivity contribution in [2.45, 2.75) is 31.2 Å². The number of hydrogen-bond acceptors (Lipinski definition) is 4. The topological polar surface area (TPSA) is 93.3 Å². The van der Waals surface area contributed by atoms with Gasteiger partial charge in [0.15, 0.2) is 0 Å². The van der Waals surface area contributed by atoms with Gasteiger partial charge in [0.2, 0.25) is 11.8 Å². The van der Waals surface area contributed by atoms with Crippen LogP contribution in [0.3, 0.4) is 0 Å². The first-order chi connectivity index (χ1) is 10.5. The minimum atomic E-state index is -0.292. The normalized spacial score (nSPS) is 25.9. The molecule has 0 unspecified atom stereocenters. The van der Waals surface area contributed by atoms with Gasteiger partial charge in [0.1, 0.15) is 0 Å². The van der Waals surface area contributed by atoms with Crippen LogP contribution >= 0.6 is 0 Å². The zero-order chi connectivity index (χ0) is 15.7. The molecule has 7 nitrogen and oxygen atoms in total. The molecule has 0 aromatic carbocycles. The number of nitrogens with zero attached hydrogens (tertiary/aromatic N) is 3. The van der Waals surface area contributed by atoms with Crippen LogP contribution in [-0.2, 0) is 16.6 Å². The van der Waals surface area contributed by atoms with Crippen LogP contribution in [-0.4, -0.2) is 52.2 Å². The third-order valence-electron chi connectivity index (χ3n) is 4.59. The SMILES string of the molecule is Cn1cc([C@@H]2C[C@@H]2C(=O)NC2CCN(CC(N)=O)CC2)cn1. The van der Waals surface area contributed by atoms with Crippen molar-refractivity contribution in [2.24, 2.45) is 18.7 Å². The lowest BCUT2D eigenvalue weighted by atomic mass is 10.0. The van der Waals surface area contributed by atoms with Crippen molar-refractivity contribution in [1.29, 1.82) is 0 Å². The molecule has 120 valence electrons. The summed E-state index contributed by atoms with van der Waals surface area (Å²) in [5.41, 5.74) is 6.35. The fourth-order valence-corrected chi connectivity index (χ4v) is 3.25. The lowest BCUT2D eigenvalue weighted by Gasteiger charge is -2.31. The zero-order valence-corrected chi connectivity index (χ0v) is 12.9. The molecule has 1 aromatic heterocycles. The predicted octanol–water partition coefficient (Wildman–Crippen LogP) is -0.410. The second-order valence-corrected chi connectivity index (χ2v) is 6.42. The van der Waals surface area contributed by atoms with Crippen molar-refractivity contribution in [3.63, 3.8) is 0 Å². The molecule has 2 aliphatic rings. The fourth-order valence-electron chi connectivity index (χ4n) is 3.25. The quantitative estimate of drug-likeness (QED) is 0.773. The molecule has 0 bridgehead atoms. The van der Waals surface area contributed by atoms with Crippen LogP contribution in [0.1, 0.15) is 30.7 Å². The number of hydrogen-bond donors (Lipinski definition) is 2. The van der Waals surface area contributed by atoms with E-state index in [1.165, 1.54) is 0 Å². The Kier molecular flexibility index (Phi) is 4.15. The summed E-state index contributed by atoms with van der Waals surface area (Å²) in [5.74, 6) is 0.276. The van der Waals surface area contributed by atoms with Gasteiger partial charge in [-0.2, -0.15) is 5.10 Å². The van der Waals surface area contributed by atoms with Crippen LogP contribution in [0.5, 0.6) is 0 Å². The molecule has 2 fully saturated rings. The number of piperidine rings is 1. The second-order valence-electron chi connectivity index (χ2n) is 6.42. The van der Waals surface area contributed by atoms with Gasteiger partial charge < -0.3 is 11.1 Å². The van der Waals surface area contributed by atoms with E-state index in [4.69, 9.17) is 5.73 Å². The fraction of sp³-hybridized carbons (Fsp3) is 0.667. The van der Waals surface area contributed by atoms with Gasteiger partial charge in [-0.3, -0.25) is 19.2 Å². The predicted molar refractivity (Wildman–Crippen MR) is 80.9 cm³/mol. The van der Waals surface area contributed by atoms with Gasteiger partial charge in [-0.05, 0) is 30.7 Å². The molecule has 2 amide bonds. The molecule has 2 heterocycles. The first-order valence-corrected chi connectivity index (χ1v) is 7.82. The molecular weight excluding hydrogens is 282 g/mol. The Labute approximate surface area is 129 Å². The summed E-state index contributed by atoms with van der Waals surface area (Å²) in [6.45, 7) is 1.93. The molecule has 0 spiro atoms. The lowest BCUT2D eigenvalue weighted by Crippen LogP contribution is -2.47. The molecule has 1 saturated heterocycles. The zero-order valence-electron chi connectivity index (χ0n) is 12.9. The Bertz CT molecular complexity index is 562. The Morgan fingerprint density at radius 3 is 2.73 bits per heavy atom. The molecule has 3 rings (SSSR count). The van der Waals surface area contributed by atoms with Crippen LogP contribution in [0.4, 0.5) is 0 Å². The van der Waals surface area contributed by atoms with Crippen molar-refractivity contribution in [3.8, 4) is 0 Å². The monoisotopic (exact) mass is 305 g/mol. The van der Waals surface area contributed by atoms with Crippen LogP contribution in [0.15, 0.2) is 12.4 Å². The number of carbonyl (C=O) groups is 2. The Morgan fingerprint density at radius 1 is 1.41 bits per heavy atom. The summed E-state index contributed by atoms with van der Waals surface area (Å²) < 4.78 is 1.77. The summed E-state index contributed by atoms with van der Waals surface area (Å²) in [6, 6.07) is 0.215. The maximum Gasteiger partial charge on any atom is 0.231 e. The standard InChI is InChI=1S/C15H23N5O2/c1-19-8-10(7-17-19)12-6-13(12)15(22)18-11-2-4-20(5-3-11)9-14(16)21/h7-8,11-13H,2-6,9H2,1H3,(H2,16,21)(H,18,22)/t12-,13-/m0/s1. The van der Waals surface area contributed by atoms with Crippen molar-refractivity contribution in [3.05, 3.63) is 18.0 Å². The number of nitrogens with two attached hydrogens (primary N) is 1. The van der Waals surface area contributed by atoms with Crippen LogP contribution in [0.25, 0.3) is 0 Å². The summed E-state index contributed by atoms with van der Waals surface area (Å²) >= 11 is 0. The van der Waals surface area contributed by atoms with Crippen LogP contribution in [0, 0.1) is 5.92 Å². The average molecular weight is 305 g/mol. The van der Waals surface area contributed by atoms with Gasteiger partial charge >= 0.3 is 0 Å². The first kappa shape index (κ1) is 15.0. The van der Waals surface area contributed by atoms with E-state index >= 15 is 0 Å². The second kappa shape index (κ2) is 6.08. The Morgan fingerprint density at radius 2 is 2.14 bits per heavy atom. The summed E-state index contributed by atoms with van der Waals surface area (Å²) in [5, 5.41) is 7.31. The van der Waals surface area contributed by atoms with Crippen LogP contribution in [0.2, 0.25) is 0 Å². The summed E-state index contributed by atoms with van der Waals surface area (Å²) in [6.07, 6.45) is 6.51. The smallest absolute Gasteiger partial charge is 0.231 e. The highest BCUT2D eigenvalue weighted by molar-refractivity contribution is 5.83. The number of rotatable bonds is 5. The highest BCUT2D eigenvalue weighted by Crippen LogP contribution is 2.47. The molecular formula is C15H23N5O2.